The van der Waals surface area contributed by atoms with E-state index in [-0.39, 0.29) is 5.75 Å². The summed E-state index contributed by atoms with van der Waals surface area (Å²) in [7, 11) is -2.87. The molecular formula is C8H14N2O2S2. The molecule has 1 rings (SSSR count). The number of nitrogen functional groups attached to an aromatic ring is 1. The maximum absolute atomic E-state index is 10.8. The highest BCUT2D eigenvalue weighted by atomic mass is 32.2. The van der Waals surface area contributed by atoms with Crippen molar-refractivity contribution in [1.29, 1.82) is 0 Å². The van der Waals surface area contributed by atoms with Gasteiger partial charge in [-0.25, -0.2) is 8.42 Å². The van der Waals surface area contributed by atoms with Gasteiger partial charge in [0.15, 0.2) is 0 Å². The molecule has 6 heteroatoms. The van der Waals surface area contributed by atoms with Gasteiger partial charge in [0.2, 0.25) is 0 Å². The molecular weight excluding hydrogens is 220 g/mol. The van der Waals surface area contributed by atoms with Crippen LogP contribution in [-0.2, 0) is 16.4 Å². The predicted octanol–water partition coefficient (Wildman–Crippen LogP) is 0.465. The molecule has 0 amide bonds. The molecule has 4 nitrogen and oxygen atoms in total. The van der Waals surface area contributed by atoms with Crippen molar-refractivity contribution in [3.8, 4) is 0 Å². The second kappa shape index (κ2) is 4.77. The number of anilines is 1. The molecule has 1 aromatic rings. The van der Waals surface area contributed by atoms with Crippen LogP contribution in [0.4, 0.5) is 5.69 Å². The first-order valence-electron chi connectivity index (χ1n) is 4.19. The van der Waals surface area contributed by atoms with Crippen LogP contribution in [0.5, 0.6) is 0 Å². The summed E-state index contributed by atoms with van der Waals surface area (Å²) < 4.78 is 21.6. The van der Waals surface area contributed by atoms with E-state index < -0.39 is 9.84 Å². The summed E-state index contributed by atoms with van der Waals surface area (Å²) in [5.41, 5.74) is 6.43. The lowest BCUT2D eigenvalue weighted by Gasteiger charge is -2.02. The van der Waals surface area contributed by atoms with Crippen LogP contribution in [0.2, 0.25) is 0 Å². The third kappa shape index (κ3) is 4.08. The Morgan fingerprint density at radius 3 is 2.79 bits per heavy atom. The number of sulfone groups is 1. The van der Waals surface area contributed by atoms with Crippen LogP contribution in [0.3, 0.4) is 0 Å². The quantitative estimate of drug-likeness (QED) is 0.726. The van der Waals surface area contributed by atoms with E-state index >= 15 is 0 Å². The van der Waals surface area contributed by atoms with Crippen LogP contribution >= 0.6 is 11.3 Å². The molecule has 0 aliphatic rings. The minimum Gasteiger partial charge on any atom is -0.398 e. The molecule has 3 N–H and O–H groups in total. The second-order valence-electron chi connectivity index (χ2n) is 3.11. The normalized spacial score (nSPS) is 11.8. The minimum atomic E-state index is -2.87. The van der Waals surface area contributed by atoms with Crippen molar-refractivity contribution in [3.05, 3.63) is 16.3 Å². The van der Waals surface area contributed by atoms with Crippen molar-refractivity contribution in [1.82, 2.24) is 5.32 Å². The Bertz CT molecular complexity index is 384. The average molecular weight is 234 g/mol. The molecule has 0 unspecified atom stereocenters. The molecule has 0 saturated carbocycles. The zero-order valence-corrected chi connectivity index (χ0v) is 9.62. The van der Waals surface area contributed by atoms with Crippen molar-refractivity contribution >= 4 is 26.9 Å². The standard InChI is InChI=1S/C8H14N2O2S2/c1-14(11,12)5-3-10-6-8-7(9)2-4-13-8/h2,4,10H,3,5-6,9H2,1H3. The second-order valence-corrected chi connectivity index (χ2v) is 6.37. The van der Waals surface area contributed by atoms with Gasteiger partial charge in [-0.1, -0.05) is 0 Å². The molecule has 1 heterocycles. The predicted molar refractivity (Wildman–Crippen MR) is 60.1 cm³/mol. The van der Waals surface area contributed by atoms with Gasteiger partial charge in [0.05, 0.1) is 5.75 Å². The maximum atomic E-state index is 10.8. The van der Waals surface area contributed by atoms with E-state index in [1.54, 1.807) is 11.3 Å². The van der Waals surface area contributed by atoms with Crippen molar-refractivity contribution in [3.63, 3.8) is 0 Å². The van der Waals surface area contributed by atoms with E-state index in [1.165, 1.54) is 6.26 Å². The van der Waals surface area contributed by atoms with E-state index in [4.69, 9.17) is 5.73 Å². The first kappa shape index (κ1) is 11.5. The van der Waals surface area contributed by atoms with Crippen molar-refractivity contribution < 1.29 is 8.42 Å². The summed E-state index contributed by atoms with van der Waals surface area (Å²) >= 11 is 1.57. The van der Waals surface area contributed by atoms with Crippen LogP contribution < -0.4 is 11.1 Å². The fourth-order valence-electron chi connectivity index (χ4n) is 0.954. The molecule has 0 saturated heterocycles. The maximum Gasteiger partial charge on any atom is 0.148 e. The SMILES string of the molecule is CS(=O)(=O)CCNCc1sccc1N. The molecule has 1 aromatic heterocycles. The molecule has 0 radical (unpaired) electrons. The molecule has 0 spiro atoms. The Morgan fingerprint density at radius 1 is 1.57 bits per heavy atom. The monoisotopic (exact) mass is 234 g/mol. The van der Waals surface area contributed by atoms with Gasteiger partial charge in [0.1, 0.15) is 9.84 Å². The number of nitrogens with two attached hydrogens (primary N) is 1. The van der Waals surface area contributed by atoms with Gasteiger partial charge in [0, 0.05) is 29.9 Å². The van der Waals surface area contributed by atoms with Crippen LogP contribution in [0.1, 0.15) is 4.88 Å². The smallest absolute Gasteiger partial charge is 0.148 e. The number of nitrogens with one attached hydrogen (secondary N) is 1. The zero-order chi connectivity index (χ0) is 10.6. The fourth-order valence-corrected chi connectivity index (χ4v) is 2.24. The van der Waals surface area contributed by atoms with Gasteiger partial charge in [-0.05, 0) is 11.4 Å². The van der Waals surface area contributed by atoms with Crippen LogP contribution in [0.15, 0.2) is 11.4 Å². The molecule has 14 heavy (non-hydrogen) atoms. The number of rotatable bonds is 5. The van der Waals surface area contributed by atoms with Gasteiger partial charge in [-0.15, -0.1) is 11.3 Å². The molecule has 0 aliphatic heterocycles. The first-order valence-corrected chi connectivity index (χ1v) is 7.13. The Morgan fingerprint density at radius 2 is 2.29 bits per heavy atom. The largest absolute Gasteiger partial charge is 0.398 e. The zero-order valence-electron chi connectivity index (χ0n) is 7.99. The Hall–Kier alpha value is -0.590. The summed E-state index contributed by atoms with van der Waals surface area (Å²) in [6.07, 6.45) is 1.23. The molecule has 0 bridgehead atoms. The number of thiophene rings is 1. The highest BCUT2D eigenvalue weighted by Crippen LogP contribution is 2.17. The van der Waals surface area contributed by atoms with Gasteiger partial charge in [-0.2, -0.15) is 0 Å². The van der Waals surface area contributed by atoms with E-state index in [0.717, 1.165) is 10.6 Å². The van der Waals surface area contributed by atoms with Gasteiger partial charge < -0.3 is 11.1 Å². The molecule has 0 fully saturated rings. The van der Waals surface area contributed by atoms with Gasteiger partial charge in [0.25, 0.3) is 0 Å². The fraction of sp³-hybridized carbons (Fsp3) is 0.500. The van der Waals surface area contributed by atoms with Crippen molar-refractivity contribution in [2.75, 3.05) is 24.3 Å². The van der Waals surface area contributed by atoms with Gasteiger partial charge in [-0.3, -0.25) is 0 Å². The first-order chi connectivity index (χ1) is 6.49. The summed E-state index contributed by atoms with van der Waals surface area (Å²) in [4.78, 5) is 1.05. The lowest BCUT2D eigenvalue weighted by atomic mass is 10.4. The molecule has 0 aliphatic carbocycles. The van der Waals surface area contributed by atoms with Crippen LogP contribution in [0.25, 0.3) is 0 Å². The lowest BCUT2D eigenvalue weighted by molar-refractivity contribution is 0.596. The number of hydrogen-bond acceptors (Lipinski definition) is 5. The van der Waals surface area contributed by atoms with Crippen LogP contribution in [-0.4, -0.2) is 27.0 Å². The van der Waals surface area contributed by atoms with Gasteiger partial charge >= 0.3 is 0 Å². The van der Waals surface area contributed by atoms with E-state index in [9.17, 15) is 8.42 Å². The molecule has 80 valence electrons. The summed E-state index contributed by atoms with van der Waals surface area (Å²) in [5, 5.41) is 4.96. The van der Waals surface area contributed by atoms with E-state index in [0.29, 0.717) is 13.1 Å². The molecule has 0 atom stereocenters. The highest BCUT2D eigenvalue weighted by Gasteiger charge is 2.02. The average Bonchev–Trinajstić information content (AvgIpc) is 2.44. The third-order valence-electron chi connectivity index (χ3n) is 1.72. The van der Waals surface area contributed by atoms with E-state index in [2.05, 4.69) is 5.32 Å². The summed E-state index contributed by atoms with van der Waals surface area (Å²) in [5.74, 6) is 0.165. The van der Waals surface area contributed by atoms with Crippen LogP contribution in [0, 0.1) is 0 Å². The van der Waals surface area contributed by atoms with Crippen molar-refractivity contribution in [2.45, 2.75) is 6.54 Å². The lowest BCUT2D eigenvalue weighted by Crippen LogP contribution is -2.21. The summed E-state index contributed by atoms with van der Waals surface area (Å²) in [6.45, 7) is 1.11. The Labute approximate surface area is 88.0 Å². The number of hydrogen-bond donors (Lipinski definition) is 2. The Balaban J connectivity index is 2.26. The molecule has 0 aromatic carbocycles. The minimum absolute atomic E-state index is 0.165. The van der Waals surface area contributed by atoms with Crippen molar-refractivity contribution in [2.24, 2.45) is 0 Å². The topological polar surface area (TPSA) is 72.2 Å². The third-order valence-corrected chi connectivity index (χ3v) is 3.60. The summed E-state index contributed by atoms with van der Waals surface area (Å²) in [6, 6.07) is 1.85. The van der Waals surface area contributed by atoms with E-state index in [1.807, 2.05) is 11.4 Å². The Kier molecular flexibility index (Phi) is 3.91. The highest BCUT2D eigenvalue weighted by molar-refractivity contribution is 7.90.